The molecule has 2 aliphatic rings. The summed E-state index contributed by atoms with van der Waals surface area (Å²) in [4.78, 5) is 19.9. The summed E-state index contributed by atoms with van der Waals surface area (Å²) in [5.74, 6) is 1.45. The van der Waals surface area contributed by atoms with Crippen LogP contribution in [0.2, 0.25) is 0 Å². The number of nitrogens with one attached hydrogen (secondary N) is 1. The molecule has 4 heterocycles. The number of rotatable bonds is 5. The topological polar surface area (TPSA) is 59.0 Å². The third kappa shape index (κ3) is 4.33. The summed E-state index contributed by atoms with van der Waals surface area (Å²) in [7, 11) is 3.84. The molecule has 196 valence electrons. The molecular formula is C30H32N4O3S. The fourth-order valence-electron chi connectivity index (χ4n) is 5.53. The summed E-state index contributed by atoms with van der Waals surface area (Å²) in [6.45, 7) is 4.95. The van der Waals surface area contributed by atoms with Gasteiger partial charge >= 0.3 is 6.03 Å². The fourth-order valence-corrected chi connectivity index (χ4v) is 6.97. The minimum Gasteiger partial charge on any atom is -0.497 e. The van der Waals surface area contributed by atoms with E-state index in [0.717, 1.165) is 36.5 Å². The Kier molecular flexibility index (Phi) is 6.59. The molecule has 6 rings (SSSR count). The number of urea groups is 1. The number of fused-ring (bicyclic) bond motifs is 5. The zero-order chi connectivity index (χ0) is 26.2. The predicted octanol–water partition coefficient (Wildman–Crippen LogP) is 6.07. The standard InChI is InChI=1S/C30H32N4O3S/c1-4-37-26-10-6-5-8-24(26)31-30(35)34-18-23-22-15-17-32(2)19-27(22)38-29(23)33-16-7-9-25(33)28(34)20-11-13-21(36-3)14-12-20/h5-14,16,28H,4,15,17-19H2,1-3H3,(H,31,35)/t28-/m1/s1. The highest BCUT2D eigenvalue weighted by Crippen LogP contribution is 2.44. The van der Waals surface area contributed by atoms with E-state index in [2.05, 4.69) is 52.3 Å². The van der Waals surface area contributed by atoms with Crippen molar-refractivity contribution in [1.82, 2.24) is 14.4 Å². The number of benzene rings is 2. The van der Waals surface area contributed by atoms with Crippen molar-refractivity contribution in [2.45, 2.75) is 32.5 Å². The lowest BCUT2D eigenvalue weighted by Gasteiger charge is -2.32. The second-order valence-electron chi connectivity index (χ2n) is 9.74. The quantitative estimate of drug-likeness (QED) is 0.342. The molecule has 0 fully saturated rings. The Labute approximate surface area is 227 Å². The molecule has 2 aromatic carbocycles. The van der Waals surface area contributed by atoms with Gasteiger partial charge in [-0.25, -0.2) is 4.79 Å². The predicted molar refractivity (Wildman–Crippen MR) is 151 cm³/mol. The van der Waals surface area contributed by atoms with Crippen LogP contribution < -0.4 is 14.8 Å². The van der Waals surface area contributed by atoms with E-state index in [1.807, 2.05) is 59.6 Å². The van der Waals surface area contributed by atoms with Gasteiger partial charge in [0.15, 0.2) is 0 Å². The first kappa shape index (κ1) is 24.6. The first-order chi connectivity index (χ1) is 18.6. The summed E-state index contributed by atoms with van der Waals surface area (Å²) in [5, 5.41) is 4.39. The number of para-hydroxylation sites is 2. The molecule has 0 unspecified atom stereocenters. The van der Waals surface area contributed by atoms with Crippen LogP contribution in [-0.4, -0.2) is 47.7 Å². The Hall–Kier alpha value is -3.75. The van der Waals surface area contributed by atoms with E-state index < -0.39 is 0 Å². The van der Waals surface area contributed by atoms with Crippen LogP contribution in [0, 0.1) is 0 Å². The van der Waals surface area contributed by atoms with Crippen molar-refractivity contribution in [3.63, 3.8) is 0 Å². The number of hydrogen-bond acceptors (Lipinski definition) is 5. The van der Waals surface area contributed by atoms with Crippen LogP contribution >= 0.6 is 11.3 Å². The number of methoxy groups -OCH3 is 1. The Morgan fingerprint density at radius 2 is 1.87 bits per heavy atom. The maximum absolute atomic E-state index is 14.2. The zero-order valence-electron chi connectivity index (χ0n) is 21.9. The molecule has 1 N–H and O–H groups in total. The number of carbonyl (C=O) groups is 1. The maximum atomic E-state index is 14.2. The Bertz CT molecular complexity index is 1460. The van der Waals surface area contributed by atoms with Crippen molar-refractivity contribution in [3.05, 3.63) is 94.1 Å². The van der Waals surface area contributed by atoms with Crippen molar-refractivity contribution >= 4 is 23.1 Å². The second-order valence-corrected chi connectivity index (χ2v) is 10.8. The molecule has 1 atom stereocenters. The van der Waals surface area contributed by atoms with E-state index >= 15 is 0 Å². The van der Waals surface area contributed by atoms with Gasteiger partial charge in [-0.2, -0.15) is 0 Å². The molecule has 0 saturated carbocycles. The number of ether oxygens (including phenoxy) is 2. The highest BCUT2D eigenvalue weighted by Gasteiger charge is 2.36. The highest BCUT2D eigenvalue weighted by atomic mass is 32.1. The molecule has 0 aliphatic carbocycles. The molecule has 38 heavy (non-hydrogen) atoms. The lowest BCUT2D eigenvalue weighted by Crippen LogP contribution is -2.38. The van der Waals surface area contributed by atoms with E-state index in [1.165, 1.54) is 21.0 Å². The number of aromatic nitrogens is 1. The monoisotopic (exact) mass is 528 g/mol. The summed E-state index contributed by atoms with van der Waals surface area (Å²) < 4.78 is 13.5. The van der Waals surface area contributed by atoms with Crippen molar-refractivity contribution in [3.8, 4) is 16.5 Å². The van der Waals surface area contributed by atoms with Crippen LogP contribution in [-0.2, 0) is 19.5 Å². The summed E-state index contributed by atoms with van der Waals surface area (Å²) in [6.07, 6.45) is 3.12. The second kappa shape index (κ2) is 10.2. The summed E-state index contributed by atoms with van der Waals surface area (Å²) in [6, 6.07) is 19.4. The molecule has 0 bridgehead atoms. The molecule has 8 heteroatoms. The highest BCUT2D eigenvalue weighted by molar-refractivity contribution is 7.15. The van der Waals surface area contributed by atoms with Gasteiger partial charge in [-0.1, -0.05) is 24.3 Å². The molecule has 2 aliphatic heterocycles. The smallest absolute Gasteiger partial charge is 0.323 e. The largest absolute Gasteiger partial charge is 0.497 e. The van der Waals surface area contributed by atoms with Crippen molar-refractivity contribution in [2.75, 3.05) is 32.6 Å². The molecule has 2 aromatic heterocycles. The minimum atomic E-state index is -0.281. The average molecular weight is 529 g/mol. The van der Waals surface area contributed by atoms with Crippen LogP contribution in [0.25, 0.3) is 5.00 Å². The average Bonchev–Trinajstić information content (AvgIpc) is 3.51. The Morgan fingerprint density at radius 3 is 2.66 bits per heavy atom. The van der Waals surface area contributed by atoms with E-state index in [0.29, 0.717) is 24.6 Å². The van der Waals surface area contributed by atoms with Gasteiger partial charge in [-0.05, 0) is 67.9 Å². The number of nitrogens with zero attached hydrogens (tertiary/aromatic N) is 3. The van der Waals surface area contributed by atoms with Crippen LogP contribution in [0.5, 0.6) is 11.5 Å². The van der Waals surface area contributed by atoms with Gasteiger partial charge in [0.2, 0.25) is 0 Å². The normalized spacial score (nSPS) is 16.7. The maximum Gasteiger partial charge on any atom is 0.323 e. The Balaban J connectivity index is 1.47. The van der Waals surface area contributed by atoms with Gasteiger partial charge in [0.05, 0.1) is 37.7 Å². The van der Waals surface area contributed by atoms with Crippen LogP contribution in [0.1, 0.15) is 40.2 Å². The molecule has 4 aromatic rings. The summed E-state index contributed by atoms with van der Waals surface area (Å²) >= 11 is 1.86. The third-order valence-electron chi connectivity index (χ3n) is 7.38. The fraction of sp³-hybridized carbons (Fsp3) is 0.300. The molecular weight excluding hydrogens is 496 g/mol. The lowest BCUT2D eigenvalue weighted by molar-refractivity contribution is 0.194. The van der Waals surface area contributed by atoms with Gasteiger partial charge in [-0.3, -0.25) is 0 Å². The first-order valence-corrected chi connectivity index (χ1v) is 13.8. The SMILES string of the molecule is CCOc1ccccc1NC(=O)N1Cc2c(sc3c2CCN(C)C3)-n2cccc2[C@H]1c1ccc(OC)cc1. The third-order valence-corrected chi connectivity index (χ3v) is 8.63. The molecule has 2 amide bonds. The van der Waals surface area contributed by atoms with Gasteiger partial charge in [0, 0.05) is 29.7 Å². The number of likely N-dealkylation sites (N-methyl/N-ethyl adjacent to an activating group) is 1. The molecule has 0 spiro atoms. The van der Waals surface area contributed by atoms with Crippen molar-refractivity contribution < 1.29 is 14.3 Å². The first-order valence-electron chi connectivity index (χ1n) is 13.0. The summed E-state index contributed by atoms with van der Waals surface area (Å²) in [5.41, 5.74) is 5.41. The minimum absolute atomic E-state index is 0.161. The zero-order valence-corrected chi connectivity index (χ0v) is 22.8. The molecule has 0 saturated heterocycles. The number of anilines is 1. The number of amides is 2. The molecule has 0 radical (unpaired) electrons. The Morgan fingerprint density at radius 1 is 1.05 bits per heavy atom. The van der Waals surface area contributed by atoms with E-state index in [-0.39, 0.29) is 12.1 Å². The van der Waals surface area contributed by atoms with Gasteiger partial charge in [-0.15, -0.1) is 11.3 Å². The van der Waals surface area contributed by atoms with E-state index in [4.69, 9.17) is 9.47 Å². The molecule has 7 nitrogen and oxygen atoms in total. The number of carbonyl (C=O) groups excluding carboxylic acids is 1. The van der Waals surface area contributed by atoms with Crippen LogP contribution in [0.15, 0.2) is 66.9 Å². The van der Waals surface area contributed by atoms with Crippen LogP contribution in [0.4, 0.5) is 10.5 Å². The van der Waals surface area contributed by atoms with Crippen molar-refractivity contribution in [2.24, 2.45) is 0 Å². The van der Waals surface area contributed by atoms with E-state index in [1.54, 1.807) is 7.11 Å². The van der Waals surface area contributed by atoms with Gasteiger partial charge < -0.3 is 29.2 Å². The number of thiophene rings is 1. The van der Waals surface area contributed by atoms with Crippen molar-refractivity contribution in [1.29, 1.82) is 0 Å². The lowest BCUT2D eigenvalue weighted by atomic mass is 10.00. The van der Waals surface area contributed by atoms with Crippen LogP contribution in [0.3, 0.4) is 0 Å². The van der Waals surface area contributed by atoms with Gasteiger partial charge in [0.1, 0.15) is 16.5 Å². The van der Waals surface area contributed by atoms with Gasteiger partial charge in [0.25, 0.3) is 0 Å². The number of hydrogen-bond donors (Lipinski definition) is 1. The van der Waals surface area contributed by atoms with E-state index in [9.17, 15) is 4.79 Å².